The lowest BCUT2D eigenvalue weighted by molar-refractivity contribution is -0.140. The molecule has 0 aliphatic heterocycles. The van der Waals surface area contributed by atoms with Gasteiger partial charge in [-0.2, -0.15) is 23.4 Å². The van der Waals surface area contributed by atoms with Crippen molar-refractivity contribution in [1.82, 2.24) is 24.9 Å². The van der Waals surface area contributed by atoms with Crippen LogP contribution >= 0.6 is 11.3 Å². The van der Waals surface area contributed by atoms with Crippen LogP contribution < -0.4 is 5.32 Å². The van der Waals surface area contributed by atoms with Crippen LogP contribution in [0, 0.1) is 6.92 Å². The number of para-hydroxylation sites is 1. The molecule has 1 N–H and O–H groups in total. The average Bonchev–Trinajstić information content (AvgIpc) is 3.36. The van der Waals surface area contributed by atoms with Crippen molar-refractivity contribution in [2.75, 3.05) is 0 Å². The van der Waals surface area contributed by atoms with Gasteiger partial charge in [-0.1, -0.05) is 18.2 Å². The third-order valence-corrected chi connectivity index (χ3v) is 6.05. The van der Waals surface area contributed by atoms with Gasteiger partial charge in [0.05, 0.1) is 22.8 Å². The summed E-state index contributed by atoms with van der Waals surface area (Å²) in [6.07, 6.45) is -2.96. The van der Waals surface area contributed by atoms with Crippen LogP contribution in [0.15, 0.2) is 42.6 Å². The van der Waals surface area contributed by atoms with E-state index in [0.29, 0.717) is 5.69 Å². The van der Waals surface area contributed by atoms with Crippen LogP contribution in [0.3, 0.4) is 0 Å². The number of nitrogens with zero attached hydrogens (tertiary/aromatic N) is 4. The van der Waals surface area contributed by atoms with E-state index in [4.69, 9.17) is 0 Å². The predicted molar refractivity (Wildman–Crippen MR) is 108 cm³/mol. The Balaban J connectivity index is 1.73. The Labute approximate surface area is 173 Å². The summed E-state index contributed by atoms with van der Waals surface area (Å²) in [5, 5.41) is 10.7. The maximum absolute atomic E-state index is 13.6. The molecule has 10 heteroatoms. The predicted octanol–water partition coefficient (Wildman–Crippen LogP) is 4.64. The number of carbonyl (C=O) groups is 1. The number of aryl methyl sites for hydroxylation is 1. The third-order valence-electron chi connectivity index (χ3n) is 4.94. The van der Waals surface area contributed by atoms with Crippen molar-refractivity contribution < 1.29 is 18.0 Å². The highest BCUT2D eigenvalue weighted by Gasteiger charge is 2.38. The molecule has 0 radical (unpaired) electrons. The van der Waals surface area contributed by atoms with E-state index in [9.17, 15) is 18.0 Å². The molecule has 3 aromatic heterocycles. The first-order valence-corrected chi connectivity index (χ1v) is 9.93. The minimum atomic E-state index is -4.63. The Morgan fingerprint density at radius 2 is 1.93 bits per heavy atom. The van der Waals surface area contributed by atoms with Crippen LogP contribution in [0.25, 0.3) is 15.9 Å². The number of fused-ring (bicyclic) bond motifs is 1. The number of amides is 1. The highest BCUT2D eigenvalue weighted by molar-refractivity contribution is 7.20. The number of nitrogens with one attached hydrogen (secondary N) is 1. The maximum Gasteiger partial charge on any atom is 0.435 e. The number of aromatic nitrogens is 4. The van der Waals surface area contributed by atoms with Crippen molar-refractivity contribution in [1.29, 1.82) is 0 Å². The van der Waals surface area contributed by atoms with Crippen LogP contribution in [0.1, 0.15) is 39.6 Å². The first-order chi connectivity index (χ1) is 14.2. The smallest absolute Gasteiger partial charge is 0.345 e. The van der Waals surface area contributed by atoms with Crippen molar-refractivity contribution >= 4 is 27.5 Å². The van der Waals surface area contributed by atoms with E-state index in [1.54, 1.807) is 48.3 Å². The summed E-state index contributed by atoms with van der Waals surface area (Å²) >= 11 is 0.978. The van der Waals surface area contributed by atoms with Gasteiger partial charge in [0.25, 0.3) is 5.91 Å². The SMILES string of the molecule is Cc1c([C@H](C)NC(=O)c2cc3c(C(F)(F)F)nn(-c4ccccc4)c3s2)cnn1C. The van der Waals surface area contributed by atoms with E-state index in [1.165, 1.54) is 10.7 Å². The Hall–Kier alpha value is -3.14. The molecule has 4 rings (SSSR count). The number of benzene rings is 1. The monoisotopic (exact) mass is 433 g/mol. The normalized spacial score (nSPS) is 13.0. The number of hydrogen-bond donors (Lipinski definition) is 1. The summed E-state index contributed by atoms with van der Waals surface area (Å²) in [5.74, 6) is -0.445. The fourth-order valence-electron chi connectivity index (χ4n) is 3.26. The van der Waals surface area contributed by atoms with Crippen LogP contribution in [-0.4, -0.2) is 25.5 Å². The highest BCUT2D eigenvalue weighted by atomic mass is 32.1. The Morgan fingerprint density at radius 3 is 2.53 bits per heavy atom. The molecule has 0 spiro atoms. The Morgan fingerprint density at radius 1 is 1.23 bits per heavy atom. The van der Waals surface area contributed by atoms with E-state index in [1.807, 2.05) is 13.8 Å². The lowest BCUT2D eigenvalue weighted by Gasteiger charge is -2.13. The quantitative estimate of drug-likeness (QED) is 0.510. The molecule has 0 bridgehead atoms. The fourth-order valence-corrected chi connectivity index (χ4v) is 4.29. The van der Waals surface area contributed by atoms with Crippen molar-refractivity contribution in [2.24, 2.45) is 7.05 Å². The number of halogens is 3. The number of hydrogen-bond acceptors (Lipinski definition) is 4. The molecule has 0 saturated heterocycles. The largest absolute Gasteiger partial charge is 0.435 e. The number of alkyl halides is 3. The summed E-state index contributed by atoms with van der Waals surface area (Å²) in [6.45, 7) is 3.69. The number of rotatable bonds is 4. The molecule has 0 saturated carbocycles. The van der Waals surface area contributed by atoms with E-state index in [2.05, 4.69) is 15.5 Å². The fraction of sp³-hybridized carbons (Fsp3) is 0.250. The summed E-state index contributed by atoms with van der Waals surface area (Å²) in [4.78, 5) is 13.2. The number of thiophene rings is 1. The van der Waals surface area contributed by atoms with Crippen LogP contribution in [0.4, 0.5) is 13.2 Å². The second-order valence-corrected chi connectivity index (χ2v) is 7.96. The van der Waals surface area contributed by atoms with Crippen molar-refractivity contribution in [3.05, 3.63) is 64.4 Å². The van der Waals surface area contributed by atoms with Crippen LogP contribution in [-0.2, 0) is 13.2 Å². The lowest BCUT2D eigenvalue weighted by atomic mass is 10.1. The molecule has 1 amide bonds. The molecule has 4 aromatic rings. The van der Waals surface area contributed by atoms with Gasteiger partial charge in [-0.05, 0) is 32.0 Å². The molecule has 30 heavy (non-hydrogen) atoms. The van der Waals surface area contributed by atoms with Crippen molar-refractivity contribution in [2.45, 2.75) is 26.1 Å². The average molecular weight is 433 g/mol. The lowest BCUT2D eigenvalue weighted by Crippen LogP contribution is -2.26. The number of carbonyl (C=O) groups excluding carboxylic acids is 1. The third kappa shape index (κ3) is 3.47. The van der Waals surface area contributed by atoms with E-state index in [0.717, 1.165) is 22.6 Å². The van der Waals surface area contributed by atoms with E-state index in [-0.39, 0.29) is 21.1 Å². The Bertz CT molecular complexity index is 1220. The van der Waals surface area contributed by atoms with Gasteiger partial charge >= 0.3 is 6.18 Å². The molecular formula is C20H18F3N5OS. The standard InChI is InChI=1S/C20H18F3N5OS/c1-11(15-10-24-27(3)12(15)2)25-18(29)16-9-14-17(20(21,22)23)26-28(19(14)30-16)13-7-5-4-6-8-13/h4-11H,1-3H3,(H,25,29)/t11-/m0/s1. The molecule has 0 aliphatic carbocycles. The highest BCUT2D eigenvalue weighted by Crippen LogP contribution is 2.39. The van der Waals surface area contributed by atoms with Crippen LogP contribution in [0.5, 0.6) is 0 Å². The molecule has 0 fully saturated rings. The zero-order valence-corrected chi connectivity index (χ0v) is 17.2. The maximum atomic E-state index is 13.6. The second kappa shape index (κ2) is 7.28. The van der Waals surface area contributed by atoms with Crippen molar-refractivity contribution in [3.63, 3.8) is 0 Å². The minimum absolute atomic E-state index is 0.0910. The van der Waals surface area contributed by atoms with Gasteiger partial charge in [-0.15, -0.1) is 11.3 Å². The molecule has 156 valence electrons. The molecule has 0 unspecified atom stereocenters. The summed E-state index contributed by atoms with van der Waals surface area (Å²) in [6, 6.07) is 9.45. The molecular weight excluding hydrogens is 415 g/mol. The van der Waals surface area contributed by atoms with Gasteiger partial charge in [0.2, 0.25) is 0 Å². The van der Waals surface area contributed by atoms with Gasteiger partial charge in [0, 0.05) is 23.7 Å². The zero-order chi connectivity index (χ0) is 21.6. The van der Waals surface area contributed by atoms with Gasteiger partial charge in [-0.25, -0.2) is 4.68 Å². The summed E-state index contributed by atoms with van der Waals surface area (Å²) in [7, 11) is 1.80. The first kappa shape index (κ1) is 20.1. The summed E-state index contributed by atoms with van der Waals surface area (Å²) in [5.41, 5.74) is 1.23. The molecule has 3 heterocycles. The van der Waals surface area contributed by atoms with Gasteiger partial charge in [0.15, 0.2) is 5.69 Å². The zero-order valence-electron chi connectivity index (χ0n) is 16.4. The first-order valence-electron chi connectivity index (χ1n) is 9.11. The molecule has 0 aliphatic rings. The minimum Gasteiger partial charge on any atom is -0.345 e. The molecule has 1 atom stereocenters. The van der Waals surface area contributed by atoms with Gasteiger partial charge in [0.1, 0.15) is 4.83 Å². The van der Waals surface area contributed by atoms with Gasteiger partial charge < -0.3 is 5.32 Å². The summed E-state index contributed by atoms with van der Waals surface area (Å²) < 4.78 is 43.6. The van der Waals surface area contributed by atoms with E-state index < -0.39 is 17.8 Å². The Kier molecular flexibility index (Phi) is 4.89. The topological polar surface area (TPSA) is 64.7 Å². The van der Waals surface area contributed by atoms with E-state index >= 15 is 0 Å². The van der Waals surface area contributed by atoms with Gasteiger partial charge in [-0.3, -0.25) is 9.48 Å². The van der Waals surface area contributed by atoms with Crippen LogP contribution in [0.2, 0.25) is 0 Å². The molecule has 6 nitrogen and oxygen atoms in total. The van der Waals surface area contributed by atoms with Crippen molar-refractivity contribution in [3.8, 4) is 5.69 Å². The molecule has 1 aromatic carbocycles. The second-order valence-electron chi connectivity index (χ2n) is 6.93.